The first kappa shape index (κ1) is 14.3. The molecule has 1 aromatic rings. The summed E-state index contributed by atoms with van der Waals surface area (Å²) in [4.78, 5) is 0. The zero-order valence-electron chi connectivity index (χ0n) is 10.1. The number of benzene rings is 1. The second-order valence-corrected chi connectivity index (χ2v) is 6.00. The third kappa shape index (κ3) is 4.22. The van der Waals surface area contributed by atoms with Gasteiger partial charge in [0.1, 0.15) is 0 Å². The van der Waals surface area contributed by atoms with Crippen molar-refractivity contribution < 1.29 is 0 Å². The molecule has 0 aromatic heterocycles. The van der Waals surface area contributed by atoms with Crippen molar-refractivity contribution in [3.05, 3.63) is 32.4 Å². The van der Waals surface area contributed by atoms with Crippen molar-refractivity contribution in [3.63, 3.8) is 0 Å². The topological polar surface area (TPSA) is 12.0 Å². The number of hydrogen-bond acceptors (Lipinski definition) is 1. The van der Waals surface area contributed by atoms with E-state index >= 15 is 0 Å². The highest BCUT2D eigenvalue weighted by atomic mass is 127. The monoisotopic (exact) mass is 351 g/mol. The molecule has 0 aliphatic rings. The van der Waals surface area contributed by atoms with Gasteiger partial charge in [0.05, 0.1) is 0 Å². The van der Waals surface area contributed by atoms with Crippen LogP contribution in [0.1, 0.15) is 38.8 Å². The van der Waals surface area contributed by atoms with E-state index in [0.29, 0.717) is 12.0 Å². The Balaban J connectivity index is 2.94. The van der Waals surface area contributed by atoms with Gasteiger partial charge >= 0.3 is 0 Å². The molecule has 0 saturated heterocycles. The molecule has 0 spiro atoms. The van der Waals surface area contributed by atoms with Gasteiger partial charge in [-0.15, -0.1) is 0 Å². The molecule has 0 aliphatic heterocycles. The number of nitrogens with one attached hydrogen (secondary N) is 1. The Bertz CT molecular complexity index is 339. The predicted octanol–water partition coefficient (Wildman–Crippen LogP) is 4.64. The second-order valence-electron chi connectivity index (χ2n) is 4.41. The lowest BCUT2D eigenvalue weighted by atomic mass is 9.97. The second kappa shape index (κ2) is 6.82. The maximum Gasteiger partial charge on any atom is 0.0410 e. The smallest absolute Gasteiger partial charge is 0.0410 e. The molecule has 1 atom stereocenters. The molecule has 1 unspecified atom stereocenters. The van der Waals surface area contributed by atoms with Gasteiger partial charge in [-0.3, -0.25) is 0 Å². The van der Waals surface area contributed by atoms with Gasteiger partial charge in [0.15, 0.2) is 0 Å². The summed E-state index contributed by atoms with van der Waals surface area (Å²) in [6.45, 7) is 7.63. The molecular weight excluding hydrogens is 333 g/mol. The van der Waals surface area contributed by atoms with Gasteiger partial charge in [-0.1, -0.05) is 32.4 Å². The fourth-order valence-electron chi connectivity index (χ4n) is 1.82. The molecule has 1 aromatic carbocycles. The molecule has 0 bridgehead atoms. The molecule has 0 heterocycles. The summed E-state index contributed by atoms with van der Waals surface area (Å²) in [5.74, 6) is 0.679. The van der Waals surface area contributed by atoms with E-state index in [0.717, 1.165) is 18.0 Å². The first-order chi connectivity index (χ1) is 7.54. The highest BCUT2D eigenvalue weighted by Gasteiger charge is 2.15. The largest absolute Gasteiger partial charge is 0.310 e. The average molecular weight is 352 g/mol. The summed E-state index contributed by atoms with van der Waals surface area (Å²) in [6, 6.07) is 6.53. The minimum Gasteiger partial charge on any atom is -0.310 e. The lowest BCUT2D eigenvalue weighted by Crippen LogP contribution is -2.23. The van der Waals surface area contributed by atoms with Crippen molar-refractivity contribution in [1.82, 2.24) is 5.32 Å². The Morgan fingerprint density at radius 3 is 2.62 bits per heavy atom. The number of rotatable bonds is 5. The number of halogens is 2. The standard InChI is InChI=1S/C13H19ClIN/c1-4-16-13(7-9(2)3)11-8-10(14)5-6-12(11)15/h5-6,8-9,13,16H,4,7H2,1-3H3. The highest BCUT2D eigenvalue weighted by molar-refractivity contribution is 14.1. The molecule has 0 saturated carbocycles. The third-order valence-electron chi connectivity index (χ3n) is 2.49. The zero-order valence-corrected chi connectivity index (χ0v) is 13.0. The van der Waals surface area contributed by atoms with Gasteiger partial charge in [-0.05, 0) is 65.2 Å². The lowest BCUT2D eigenvalue weighted by Gasteiger charge is -2.21. The number of hydrogen-bond donors (Lipinski definition) is 1. The van der Waals surface area contributed by atoms with Crippen molar-refractivity contribution in [2.45, 2.75) is 33.2 Å². The van der Waals surface area contributed by atoms with Crippen molar-refractivity contribution >= 4 is 34.2 Å². The van der Waals surface area contributed by atoms with E-state index in [4.69, 9.17) is 11.6 Å². The normalized spacial score (nSPS) is 13.1. The van der Waals surface area contributed by atoms with Crippen LogP contribution in [-0.4, -0.2) is 6.54 Å². The summed E-state index contributed by atoms with van der Waals surface area (Å²) >= 11 is 8.45. The lowest BCUT2D eigenvalue weighted by molar-refractivity contribution is 0.437. The molecule has 1 rings (SSSR count). The maximum atomic E-state index is 6.07. The van der Waals surface area contributed by atoms with Gasteiger partial charge in [0.25, 0.3) is 0 Å². The molecular formula is C13H19ClIN. The Morgan fingerprint density at radius 2 is 2.06 bits per heavy atom. The minimum absolute atomic E-state index is 0.413. The fraction of sp³-hybridized carbons (Fsp3) is 0.538. The summed E-state index contributed by atoms with van der Waals surface area (Å²) in [5.41, 5.74) is 1.32. The minimum atomic E-state index is 0.413. The highest BCUT2D eigenvalue weighted by Crippen LogP contribution is 2.28. The van der Waals surface area contributed by atoms with Crippen LogP contribution in [-0.2, 0) is 0 Å². The van der Waals surface area contributed by atoms with Crippen LogP contribution < -0.4 is 5.32 Å². The van der Waals surface area contributed by atoms with E-state index < -0.39 is 0 Å². The van der Waals surface area contributed by atoms with E-state index in [1.165, 1.54) is 9.13 Å². The molecule has 16 heavy (non-hydrogen) atoms. The third-order valence-corrected chi connectivity index (χ3v) is 3.71. The van der Waals surface area contributed by atoms with Crippen molar-refractivity contribution in [1.29, 1.82) is 0 Å². The van der Waals surface area contributed by atoms with Crippen molar-refractivity contribution in [3.8, 4) is 0 Å². The van der Waals surface area contributed by atoms with Crippen LogP contribution in [0.25, 0.3) is 0 Å². The Hall–Kier alpha value is 0.200. The molecule has 0 fully saturated rings. The molecule has 0 radical (unpaired) electrons. The van der Waals surface area contributed by atoms with Gasteiger partial charge in [-0.25, -0.2) is 0 Å². The van der Waals surface area contributed by atoms with Crippen molar-refractivity contribution in [2.75, 3.05) is 6.54 Å². The van der Waals surface area contributed by atoms with Gasteiger partial charge in [0, 0.05) is 14.6 Å². The van der Waals surface area contributed by atoms with E-state index in [2.05, 4.69) is 60.8 Å². The van der Waals surface area contributed by atoms with Crippen molar-refractivity contribution in [2.24, 2.45) is 5.92 Å². The Morgan fingerprint density at radius 1 is 1.38 bits per heavy atom. The van der Waals surface area contributed by atoms with Crippen LogP contribution in [0.15, 0.2) is 18.2 Å². The van der Waals surface area contributed by atoms with Crippen LogP contribution in [0.3, 0.4) is 0 Å². The van der Waals surface area contributed by atoms with Crippen LogP contribution >= 0.6 is 34.2 Å². The van der Waals surface area contributed by atoms with Gasteiger partial charge in [-0.2, -0.15) is 0 Å². The molecule has 0 amide bonds. The van der Waals surface area contributed by atoms with Crippen LogP contribution in [0.4, 0.5) is 0 Å². The first-order valence-electron chi connectivity index (χ1n) is 5.73. The van der Waals surface area contributed by atoms with Crippen LogP contribution in [0.2, 0.25) is 5.02 Å². The fourth-order valence-corrected chi connectivity index (χ4v) is 2.71. The molecule has 1 N–H and O–H groups in total. The molecule has 1 nitrogen and oxygen atoms in total. The average Bonchev–Trinajstić information content (AvgIpc) is 2.20. The Kier molecular flexibility index (Phi) is 6.08. The van der Waals surface area contributed by atoms with E-state index in [-0.39, 0.29) is 0 Å². The van der Waals surface area contributed by atoms with E-state index in [9.17, 15) is 0 Å². The SMILES string of the molecule is CCNC(CC(C)C)c1cc(Cl)ccc1I. The van der Waals surface area contributed by atoms with Crippen LogP contribution in [0, 0.1) is 9.49 Å². The quantitative estimate of drug-likeness (QED) is 0.762. The molecule has 3 heteroatoms. The van der Waals surface area contributed by atoms with Gasteiger partial charge in [0.2, 0.25) is 0 Å². The van der Waals surface area contributed by atoms with Gasteiger partial charge < -0.3 is 5.32 Å². The summed E-state index contributed by atoms with van der Waals surface area (Å²) in [7, 11) is 0. The molecule has 0 aliphatic carbocycles. The summed E-state index contributed by atoms with van der Waals surface area (Å²) in [6.07, 6.45) is 1.14. The Labute approximate surface area is 117 Å². The summed E-state index contributed by atoms with van der Waals surface area (Å²) < 4.78 is 1.29. The first-order valence-corrected chi connectivity index (χ1v) is 7.18. The zero-order chi connectivity index (χ0) is 12.1. The summed E-state index contributed by atoms with van der Waals surface area (Å²) in [5, 5.41) is 4.36. The van der Waals surface area contributed by atoms with E-state index in [1.807, 2.05) is 6.07 Å². The maximum absolute atomic E-state index is 6.07. The van der Waals surface area contributed by atoms with E-state index in [1.54, 1.807) is 0 Å². The predicted molar refractivity (Wildman–Crippen MR) is 80.0 cm³/mol. The van der Waals surface area contributed by atoms with Crippen LogP contribution in [0.5, 0.6) is 0 Å². The molecule has 90 valence electrons.